The Hall–Kier alpha value is -3.92. The Bertz CT molecular complexity index is 1240. The molecular weight excluding hydrogens is 597 g/mol. The highest BCUT2D eigenvalue weighted by molar-refractivity contribution is 5.53. The Kier molecular flexibility index (Phi) is 14.9. The molecule has 264 valence electrons. The molecule has 0 saturated heterocycles. The Balaban J connectivity index is 1.64. The van der Waals surface area contributed by atoms with Gasteiger partial charge in [-0.25, -0.2) is 0 Å². The van der Waals surface area contributed by atoms with Gasteiger partial charge in [0.15, 0.2) is 0 Å². The second-order valence-electron chi connectivity index (χ2n) is 13.1. The minimum absolute atomic E-state index is 0.354. The van der Waals surface area contributed by atoms with Crippen molar-refractivity contribution in [3.8, 4) is 0 Å². The summed E-state index contributed by atoms with van der Waals surface area (Å²) in [4.78, 5) is 9.72. The molecular formula is C45H64N4. The average molecular weight is 661 g/mol. The molecule has 0 aliphatic heterocycles. The van der Waals surface area contributed by atoms with E-state index in [-0.39, 0.29) is 0 Å². The molecule has 0 fully saturated rings. The van der Waals surface area contributed by atoms with E-state index < -0.39 is 0 Å². The first kappa shape index (κ1) is 37.9. The zero-order chi connectivity index (χ0) is 35.2. The van der Waals surface area contributed by atoms with Crippen molar-refractivity contribution >= 4 is 22.7 Å². The molecule has 0 N–H and O–H groups in total. The monoisotopic (exact) mass is 661 g/mol. The van der Waals surface area contributed by atoms with Gasteiger partial charge in [0.2, 0.25) is 0 Å². The second-order valence-corrected chi connectivity index (χ2v) is 13.1. The number of hydrogen-bond acceptors (Lipinski definition) is 4. The van der Waals surface area contributed by atoms with Crippen LogP contribution in [0.15, 0.2) is 97.1 Å². The molecule has 0 heterocycles. The van der Waals surface area contributed by atoms with Crippen LogP contribution in [-0.4, -0.2) is 52.4 Å². The van der Waals surface area contributed by atoms with Crippen molar-refractivity contribution in [1.29, 1.82) is 0 Å². The van der Waals surface area contributed by atoms with E-state index in [0.717, 1.165) is 71.6 Å². The predicted molar refractivity (Wildman–Crippen MR) is 218 cm³/mol. The quantitative estimate of drug-likeness (QED) is 0.0935. The predicted octanol–water partition coefficient (Wildman–Crippen LogP) is 11.2. The van der Waals surface area contributed by atoms with E-state index in [1.54, 1.807) is 0 Å². The molecule has 0 atom stereocenters. The third kappa shape index (κ3) is 9.62. The normalized spacial score (nSPS) is 11.3. The van der Waals surface area contributed by atoms with E-state index in [4.69, 9.17) is 0 Å². The molecule has 4 heteroatoms. The van der Waals surface area contributed by atoms with Crippen molar-refractivity contribution in [2.75, 3.05) is 72.0 Å². The van der Waals surface area contributed by atoms with Gasteiger partial charge in [-0.05, 0) is 139 Å². The van der Waals surface area contributed by atoms with E-state index in [1.807, 2.05) is 0 Å². The number of rotatable bonds is 20. The summed E-state index contributed by atoms with van der Waals surface area (Å²) < 4.78 is 0. The largest absolute Gasteiger partial charge is 0.372 e. The molecule has 0 amide bonds. The maximum Gasteiger partial charge on any atom is 0.0366 e. The standard InChI is InChI=1S/C45H64N4/c1-9-46(10-2)40-28-20-36(21-29-40)44(37-22-30-41(31-23-37)47(11-3)12-4)18-17-19-45(38-24-32-42(33-25-38)48(13-5)14-6)39-26-34-43(35-27-39)49(15-7)16-8/h20-35,44-45H,9-19H2,1-8H3. The van der Waals surface area contributed by atoms with E-state index in [0.29, 0.717) is 11.8 Å². The van der Waals surface area contributed by atoms with Crippen LogP contribution in [0.2, 0.25) is 0 Å². The van der Waals surface area contributed by atoms with Crippen LogP contribution >= 0.6 is 0 Å². The molecule has 0 aromatic heterocycles. The van der Waals surface area contributed by atoms with Gasteiger partial charge in [0, 0.05) is 86.9 Å². The maximum atomic E-state index is 2.43. The van der Waals surface area contributed by atoms with Crippen molar-refractivity contribution < 1.29 is 0 Å². The fraction of sp³-hybridized carbons (Fsp3) is 0.467. The van der Waals surface area contributed by atoms with E-state index in [2.05, 4.69) is 172 Å². The highest BCUT2D eigenvalue weighted by Crippen LogP contribution is 2.37. The zero-order valence-electron chi connectivity index (χ0n) is 32.0. The molecule has 4 aromatic carbocycles. The van der Waals surface area contributed by atoms with Crippen molar-refractivity contribution in [2.24, 2.45) is 0 Å². The van der Waals surface area contributed by atoms with Gasteiger partial charge in [-0.3, -0.25) is 0 Å². The van der Waals surface area contributed by atoms with Crippen LogP contribution in [0.5, 0.6) is 0 Å². The van der Waals surface area contributed by atoms with E-state index in [1.165, 1.54) is 45.0 Å². The Morgan fingerprint density at radius 3 is 0.653 bits per heavy atom. The van der Waals surface area contributed by atoms with Crippen LogP contribution in [-0.2, 0) is 0 Å². The third-order valence-corrected chi connectivity index (χ3v) is 10.7. The number of nitrogens with zero attached hydrogens (tertiary/aromatic N) is 4. The Labute approximate surface area is 299 Å². The summed E-state index contributed by atoms with van der Waals surface area (Å²) in [5.41, 5.74) is 10.9. The molecule has 4 nitrogen and oxygen atoms in total. The summed E-state index contributed by atoms with van der Waals surface area (Å²) >= 11 is 0. The van der Waals surface area contributed by atoms with Crippen LogP contribution in [0.1, 0.15) is 109 Å². The molecule has 4 aromatic rings. The summed E-state index contributed by atoms with van der Waals surface area (Å²) in [5.74, 6) is 0.708. The molecule has 0 radical (unpaired) electrons. The van der Waals surface area contributed by atoms with Crippen molar-refractivity contribution in [1.82, 2.24) is 0 Å². The molecule has 0 saturated carbocycles. The molecule has 4 rings (SSSR count). The first-order chi connectivity index (χ1) is 23.9. The molecule has 0 spiro atoms. The van der Waals surface area contributed by atoms with Crippen LogP contribution in [0.4, 0.5) is 22.7 Å². The van der Waals surface area contributed by atoms with E-state index >= 15 is 0 Å². The second kappa shape index (κ2) is 19.3. The molecule has 0 aliphatic rings. The lowest BCUT2D eigenvalue weighted by atomic mass is 9.82. The summed E-state index contributed by atoms with van der Waals surface area (Å²) in [5, 5.41) is 0. The summed E-state index contributed by atoms with van der Waals surface area (Å²) in [7, 11) is 0. The topological polar surface area (TPSA) is 13.0 Å². The molecule has 0 bridgehead atoms. The average Bonchev–Trinajstić information content (AvgIpc) is 3.15. The zero-order valence-corrected chi connectivity index (χ0v) is 32.0. The molecule has 0 aliphatic carbocycles. The van der Waals surface area contributed by atoms with Gasteiger partial charge in [0.05, 0.1) is 0 Å². The summed E-state index contributed by atoms with van der Waals surface area (Å²) in [6.45, 7) is 26.1. The van der Waals surface area contributed by atoms with Gasteiger partial charge >= 0.3 is 0 Å². The highest BCUT2D eigenvalue weighted by atomic mass is 15.1. The fourth-order valence-electron chi connectivity index (χ4n) is 7.60. The lowest BCUT2D eigenvalue weighted by Gasteiger charge is -2.26. The van der Waals surface area contributed by atoms with Gasteiger partial charge in [-0.2, -0.15) is 0 Å². The lowest BCUT2D eigenvalue weighted by Crippen LogP contribution is -2.22. The highest BCUT2D eigenvalue weighted by Gasteiger charge is 2.20. The third-order valence-electron chi connectivity index (χ3n) is 10.7. The summed E-state index contributed by atoms with van der Waals surface area (Å²) in [6, 6.07) is 37.7. The van der Waals surface area contributed by atoms with Gasteiger partial charge in [0.25, 0.3) is 0 Å². The SMILES string of the molecule is CCN(CC)c1ccc(C(CCCC(c2ccc(N(CC)CC)cc2)c2ccc(N(CC)CC)cc2)c2ccc(N(CC)CC)cc2)cc1. The minimum Gasteiger partial charge on any atom is -0.372 e. The van der Waals surface area contributed by atoms with Crippen LogP contribution < -0.4 is 19.6 Å². The lowest BCUT2D eigenvalue weighted by molar-refractivity contribution is 0.590. The van der Waals surface area contributed by atoms with Crippen molar-refractivity contribution in [3.05, 3.63) is 119 Å². The first-order valence-electron chi connectivity index (χ1n) is 19.3. The number of benzene rings is 4. The first-order valence-corrected chi connectivity index (χ1v) is 19.3. The fourth-order valence-corrected chi connectivity index (χ4v) is 7.60. The molecule has 49 heavy (non-hydrogen) atoms. The van der Waals surface area contributed by atoms with Crippen LogP contribution in [0.25, 0.3) is 0 Å². The Morgan fingerprint density at radius 2 is 0.490 bits per heavy atom. The van der Waals surface area contributed by atoms with E-state index in [9.17, 15) is 0 Å². The number of hydrogen-bond donors (Lipinski definition) is 0. The van der Waals surface area contributed by atoms with Gasteiger partial charge in [-0.1, -0.05) is 55.0 Å². The summed E-state index contributed by atoms with van der Waals surface area (Å²) in [6.07, 6.45) is 3.36. The number of anilines is 4. The van der Waals surface area contributed by atoms with Crippen LogP contribution in [0, 0.1) is 0 Å². The Morgan fingerprint density at radius 1 is 0.306 bits per heavy atom. The van der Waals surface area contributed by atoms with Gasteiger partial charge < -0.3 is 19.6 Å². The van der Waals surface area contributed by atoms with Gasteiger partial charge in [0.1, 0.15) is 0 Å². The van der Waals surface area contributed by atoms with Crippen LogP contribution in [0.3, 0.4) is 0 Å². The van der Waals surface area contributed by atoms with Gasteiger partial charge in [-0.15, -0.1) is 0 Å². The molecule has 0 unspecified atom stereocenters. The smallest absolute Gasteiger partial charge is 0.0366 e. The maximum absolute atomic E-state index is 2.43. The minimum atomic E-state index is 0.354. The van der Waals surface area contributed by atoms with Crippen molar-refractivity contribution in [2.45, 2.75) is 86.5 Å². The van der Waals surface area contributed by atoms with Crippen molar-refractivity contribution in [3.63, 3.8) is 0 Å².